The number of nitrogens with two attached hydrogens (primary N) is 2. The number of nitrogen functional groups attached to an aromatic ring is 1. The second-order valence-electron chi connectivity index (χ2n) is 6.28. The maximum absolute atomic E-state index is 6.50. The summed E-state index contributed by atoms with van der Waals surface area (Å²) in [5, 5.41) is 2.43. The van der Waals surface area contributed by atoms with Crippen molar-refractivity contribution in [2.75, 3.05) is 30.0 Å². The van der Waals surface area contributed by atoms with E-state index in [1.807, 2.05) is 18.4 Å². The van der Waals surface area contributed by atoms with E-state index in [9.17, 15) is 0 Å². The van der Waals surface area contributed by atoms with Gasteiger partial charge in [-0.1, -0.05) is 36.4 Å². The lowest BCUT2D eigenvalue weighted by Crippen LogP contribution is -2.27. The van der Waals surface area contributed by atoms with E-state index in [0.717, 1.165) is 58.7 Å². The van der Waals surface area contributed by atoms with Crippen LogP contribution in [0, 0.1) is 0 Å². The van der Waals surface area contributed by atoms with Crippen molar-refractivity contribution in [3.63, 3.8) is 0 Å². The van der Waals surface area contributed by atoms with E-state index in [0.29, 0.717) is 5.82 Å². The molecule has 1 atom stereocenters. The molecule has 0 radical (unpaired) electrons. The Morgan fingerprint density at radius 2 is 2.19 bits per heavy atom. The fourth-order valence-electron chi connectivity index (χ4n) is 2.99. The zero-order valence-corrected chi connectivity index (χ0v) is 17.0. The van der Waals surface area contributed by atoms with Gasteiger partial charge in [-0.25, -0.2) is 15.0 Å². The number of nitrogens with one attached hydrogen (secondary N) is 1. The number of aryl methyl sites for hydroxylation is 1. The fraction of sp³-hybridized carbons (Fsp3) is 0.389. The lowest BCUT2D eigenvalue weighted by atomic mass is 10.3. The second kappa shape index (κ2) is 8.77. The zero-order valence-electron chi connectivity index (χ0n) is 15.4. The van der Waals surface area contributed by atoms with E-state index in [-0.39, 0.29) is 6.04 Å². The van der Waals surface area contributed by atoms with Crippen LogP contribution in [0.5, 0.6) is 0 Å². The molecule has 7 nitrogen and oxygen atoms in total. The Labute approximate surface area is 167 Å². The topological polar surface area (TPSA) is 110 Å². The summed E-state index contributed by atoms with van der Waals surface area (Å²) in [7, 11) is 0. The molecule has 0 aliphatic carbocycles. The molecule has 5 N–H and O–H groups in total. The highest BCUT2D eigenvalue weighted by Crippen LogP contribution is 2.35. The summed E-state index contributed by atoms with van der Waals surface area (Å²) in [6.45, 7) is 3.82. The van der Waals surface area contributed by atoms with Crippen LogP contribution in [0.4, 0.5) is 11.6 Å². The van der Waals surface area contributed by atoms with Gasteiger partial charge in [-0.3, -0.25) is 0 Å². The van der Waals surface area contributed by atoms with Gasteiger partial charge in [0.1, 0.15) is 17.3 Å². The average molecular weight is 406 g/mol. The third-order valence-corrected chi connectivity index (χ3v) is 5.34. The number of hydrogen-bond acceptors (Lipinski definition) is 7. The van der Waals surface area contributed by atoms with E-state index in [1.165, 1.54) is 11.8 Å². The molecule has 0 spiro atoms. The normalized spacial score (nSPS) is 16.4. The van der Waals surface area contributed by atoms with Gasteiger partial charge in [-0.15, -0.1) is 0 Å². The molecule has 0 unspecified atom stereocenters. The van der Waals surface area contributed by atoms with Crippen LogP contribution in [-0.4, -0.2) is 45.3 Å². The summed E-state index contributed by atoms with van der Waals surface area (Å²) in [5.74, 6) is 1.48. The first kappa shape index (κ1) is 19.7. The van der Waals surface area contributed by atoms with Crippen molar-refractivity contribution in [2.45, 2.75) is 31.0 Å². The highest BCUT2D eigenvalue weighted by molar-refractivity contribution is 7.98. The predicted molar refractivity (Wildman–Crippen MR) is 114 cm³/mol. The van der Waals surface area contributed by atoms with Gasteiger partial charge in [0.2, 0.25) is 0 Å². The van der Waals surface area contributed by atoms with Crippen molar-refractivity contribution in [2.24, 2.45) is 5.73 Å². The monoisotopic (exact) mass is 405 g/mol. The van der Waals surface area contributed by atoms with Gasteiger partial charge in [0.05, 0.1) is 10.4 Å². The number of rotatable bonds is 3. The fourth-order valence-corrected chi connectivity index (χ4v) is 3.70. The number of anilines is 2. The number of fused-ring (bicyclic) bond motifs is 1. The first-order valence-electron chi connectivity index (χ1n) is 8.82. The molecule has 27 heavy (non-hydrogen) atoms. The van der Waals surface area contributed by atoms with E-state index in [4.69, 9.17) is 23.1 Å². The molecule has 1 aliphatic rings. The summed E-state index contributed by atoms with van der Waals surface area (Å²) in [4.78, 5) is 18.5. The van der Waals surface area contributed by atoms with Crippen LogP contribution in [0.1, 0.15) is 19.0 Å². The first-order chi connectivity index (χ1) is 13.0. The number of halogens is 1. The van der Waals surface area contributed by atoms with Crippen molar-refractivity contribution in [3.8, 4) is 0 Å². The molecule has 9 heteroatoms. The molecule has 0 aromatic carbocycles. The number of hydrogen-bond donors (Lipinski definition) is 3. The molecule has 3 aromatic rings. The number of pyridine rings is 1. The third kappa shape index (κ3) is 4.45. The van der Waals surface area contributed by atoms with Crippen LogP contribution in [0.15, 0.2) is 29.6 Å². The van der Waals surface area contributed by atoms with Crippen molar-refractivity contribution < 1.29 is 0 Å². The zero-order chi connectivity index (χ0) is 19.4. The number of thioether (sulfide) groups is 1. The Bertz CT molecular complexity index is 900. The van der Waals surface area contributed by atoms with Gasteiger partial charge in [-0.2, -0.15) is 0 Å². The second-order valence-corrected chi connectivity index (χ2v) is 7.43. The molecule has 1 fully saturated rings. The number of aromatic amines is 1. The summed E-state index contributed by atoms with van der Waals surface area (Å²) in [6.07, 6.45) is 5.48. The van der Waals surface area contributed by atoms with E-state index in [1.54, 1.807) is 12.3 Å². The van der Waals surface area contributed by atoms with Crippen LogP contribution >= 0.6 is 23.4 Å². The summed E-state index contributed by atoms with van der Waals surface area (Å²) in [5.41, 5.74) is 13.1. The number of nitrogens with zero attached hydrogens (tertiary/aromatic N) is 4. The Balaban J connectivity index is 0.000000253. The molecule has 144 valence electrons. The van der Waals surface area contributed by atoms with Gasteiger partial charge < -0.3 is 21.4 Å². The van der Waals surface area contributed by atoms with Crippen LogP contribution in [0.3, 0.4) is 0 Å². The largest absolute Gasteiger partial charge is 0.384 e. The third-order valence-electron chi connectivity index (χ3n) is 4.37. The average Bonchev–Trinajstić information content (AvgIpc) is 3.25. The highest BCUT2D eigenvalue weighted by Gasteiger charge is 2.25. The minimum absolute atomic E-state index is 0.209. The molecule has 4 heterocycles. The first-order valence-corrected chi connectivity index (χ1v) is 10.4. The number of H-pyrrole nitrogens is 1. The maximum atomic E-state index is 6.50. The molecule has 0 amide bonds. The van der Waals surface area contributed by atoms with Crippen LogP contribution in [0.25, 0.3) is 11.0 Å². The Kier molecular flexibility index (Phi) is 6.41. The molecule has 0 bridgehead atoms. The maximum Gasteiger partial charge on any atom is 0.191 e. The molecular weight excluding hydrogens is 382 g/mol. The van der Waals surface area contributed by atoms with Gasteiger partial charge in [0.15, 0.2) is 5.16 Å². The standard InChI is InChI=1S/C13H18ClN5S.C5H6N2/c1-3-8-10(14)9-11(16-8)17-13(20-2)18-12(9)19-5-4-7(15)6-19;6-5-3-1-2-4-7-5/h7H,3-6,15H2,1-2H3,(H,16,17,18);1-4H,(H2,6,7)/t7-;/m1./s1. The van der Waals surface area contributed by atoms with Crippen LogP contribution < -0.4 is 16.4 Å². The molecule has 1 aliphatic heterocycles. The molecule has 3 aromatic heterocycles. The Hall–Kier alpha value is -2.03. The van der Waals surface area contributed by atoms with Crippen LogP contribution in [-0.2, 0) is 6.42 Å². The summed E-state index contributed by atoms with van der Waals surface area (Å²) in [6, 6.07) is 5.64. The predicted octanol–water partition coefficient (Wildman–Crippen LogP) is 3.10. The van der Waals surface area contributed by atoms with Crippen LogP contribution in [0.2, 0.25) is 5.02 Å². The summed E-state index contributed by atoms with van der Waals surface area (Å²) >= 11 is 8.03. The Morgan fingerprint density at radius 1 is 1.37 bits per heavy atom. The lowest BCUT2D eigenvalue weighted by Gasteiger charge is -2.18. The van der Waals surface area contributed by atoms with E-state index < -0.39 is 0 Å². The van der Waals surface area contributed by atoms with Gasteiger partial charge >= 0.3 is 0 Å². The smallest absolute Gasteiger partial charge is 0.191 e. The van der Waals surface area contributed by atoms with Crippen molar-refractivity contribution in [1.29, 1.82) is 0 Å². The van der Waals surface area contributed by atoms with Gasteiger partial charge in [0.25, 0.3) is 0 Å². The quantitative estimate of drug-likeness (QED) is 0.453. The van der Waals surface area contributed by atoms with E-state index >= 15 is 0 Å². The van der Waals surface area contributed by atoms with Crippen molar-refractivity contribution >= 4 is 46.0 Å². The van der Waals surface area contributed by atoms with Crippen molar-refractivity contribution in [3.05, 3.63) is 35.1 Å². The van der Waals surface area contributed by atoms with Gasteiger partial charge in [0, 0.05) is 31.0 Å². The molecule has 1 saturated heterocycles. The molecule has 4 rings (SSSR count). The molecule has 0 saturated carbocycles. The lowest BCUT2D eigenvalue weighted by molar-refractivity contribution is 0.751. The minimum Gasteiger partial charge on any atom is -0.384 e. The number of aromatic nitrogens is 4. The van der Waals surface area contributed by atoms with Gasteiger partial charge in [-0.05, 0) is 31.2 Å². The van der Waals surface area contributed by atoms with E-state index in [2.05, 4.69) is 31.8 Å². The summed E-state index contributed by atoms with van der Waals surface area (Å²) < 4.78 is 0. The molecular formula is C18H24ClN7S. The minimum atomic E-state index is 0.209. The van der Waals surface area contributed by atoms with Crippen molar-refractivity contribution in [1.82, 2.24) is 19.9 Å². The highest BCUT2D eigenvalue weighted by atomic mass is 35.5. The SMILES string of the molecule is CCc1[nH]c2nc(SC)nc(N3CC[C@@H](N)C3)c2c1Cl.Nc1ccccn1. The Morgan fingerprint density at radius 3 is 2.70 bits per heavy atom.